The molecule has 1 saturated heterocycles. The van der Waals surface area contributed by atoms with Crippen LogP contribution in [0.3, 0.4) is 0 Å². The van der Waals surface area contributed by atoms with Crippen molar-refractivity contribution in [2.75, 3.05) is 26.3 Å². The molecule has 1 heterocycles. The van der Waals surface area contributed by atoms with Gasteiger partial charge in [-0.25, -0.2) is 0 Å². The Morgan fingerprint density at radius 1 is 1.35 bits per heavy atom. The molecule has 1 fully saturated rings. The molecule has 0 spiro atoms. The fourth-order valence-electron chi connectivity index (χ4n) is 2.50. The smallest absolute Gasteiger partial charge is 0.0746 e. The van der Waals surface area contributed by atoms with Crippen molar-refractivity contribution in [3.63, 3.8) is 0 Å². The Labute approximate surface area is 106 Å². The van der Waals surface area contributed by atoms with Gasteiger partial charge in [-0.05, 0) is 45.6 Å². The van der Waals surface area contributed by atoms with Crippen molar-refractivity contribution in [3.8, 4) is 0 Å². The van der Waals surface area contributed by atoms with E-state index in [4.69, 9.17) is 4.74 Å². The van der Waals surface area contributed by atoms with Crippen molar-refractivity contribution in [2.24, 2.45) is 5.92 Å². The molecule has 1 aliphatic heterocycles. The molecule has 102 valence electrons. The zero-order valence-corrected chi connectivity index (χ0v) is 11.9. The molecule has 3 heteroatoms. The maximum atomic E-state index is 10.1. The van der Waals surface area contributed by atoms with Gasteiger partial charge < -0.3 is 9.84 Å². The van der Waals surface area contributed by atoms with E-state index in [1.807, 2.05) is 13.8 Å². The van der Waals surface area contributed by atoms with Crippen molar-refractivity contribution in [2.45, 2.75) is 58.6 Å². The predicted octanol–water partition coefficient (Wildman–Crippen LogP) is 2.28. The molecule has 0 aromatic heterocycles. The van der Waals surface area contributed by atoms with Crippen molar-refractivity contribution in [1.82, 2.24) is 4.90 Å². The molecule has 1 atom stereocenters. The van der Waals surface area contributed by atoms with E-state index in [1.54, 1.807) is 0 Å². The Hall–Kier alpha value is -0.120. The van der Waals surface area contributed by atoms with Crippen LogP contribution in [0, 0.1) is 5.92 Å². The van der Waals surface area contributed by atoms with Crippen molar-refractivity contribution in [3.05, 3.63) is 0 Å². The molecule has 3 nitrogen and oxygen atoms in total. The first-order valence-corrected chi connectivity index (χ1v) is 6.95. The van der Waals surface area contributed by atoms with E-state index >= 15 is 0 Å². The largest absolute Gasteiger partial charge is 0.389 e. The SMILES string of the molecule is CC(C)CCOCCN1CCCC1C(C)(C)O. The summed E-state index contributed by atoms with van der Waals surface area (Å²) < 4.78 is 5.64. The molecule has 0 saturated carbocycles. The van der Waals surface area contributed by atoms with Crippen LogP contribution in [0.4, 0.5) is 0 Å². The number of hydrogen-bond acceptors (Lipinski definition) is 3. The number of hydrogen-bond donors (Lipinski definition) is 1. The zero-order chi connectivity index (χ0) is 12.9. The lowest BCUT2D eigenvalue weighted by molar-refractivity contribution is -0.0118. The number of aliphatic hydroxyl groups is 1. The summed E-state index contributed by atoms with van der Waals surface area (Å²) in [6, 6.07) is 0.302. The first kappa shape index (κ1) is 14.9. The van der Waals surface area contributed by atoms with E-state index in [2.05, 4.69) is 18.7 Å². The van der Waals surface area contributed by atoms with Gasteiger partial charge in [-0.3, -0.25) is 4.90 Å². The third-order valence-corrected chi connectivity index (χ3v) is 3.54. The fourth-order valence-corrected chi connectivity index (χ4v) is 2.50. The van der Waals surface area contributed by atoms with Gasteiger partial charge in [-0.2, -0.15) is 0 Å². The Kier molecular flexibility index (Phi) is 5.90. The highest BCUT2D eigenvalue weighted by Crippen LogP contribution is 2.26. The fraction of sp³-hybridized carbons (Fsp3) is 1.00. The summed E-state index contributed by atoms with van der Waals surface area (Å²) in [4.78, 5) is 2.37. The van der Waals surface area contributed by atoms with Gasteiger partial charge in [0.05, 0.1) is 12.2 Å². The maximum absolute atomic E-state index is 10.1. The second kappa shape index (κ2) is 6.72. The van der Waals surface area contributed by atoms with E-state index in [-0.39, 0.29) is 0 Å². The van der Waals surface area contributed by atoms with Crippen LogP contribution in [-0.2, 0) is 4.74 Å². The van der Waals surface area contributed by atoms with Gasteiger partial charge in [0.2, 0.25) is 0 Å². The van der Waals surface area contributed by atoms with Crippen LogP contribution in [0.2, 0.25) is 0 Å². The highest BCUT2D eigenvalue weighted by Gasteiger charge is 2.35. The van der Waals surface area contributed by atoms with Crippen LogP contribution in [0.1, 0.15) is 47.0 Å². The highest BCUT2D eigenvalue weighted by atomic mass is 16.5. The Bertz CT molecular complexity index is 211. The standard InChI is InChI=1S/C14H29NO2/c1-12(2)7-10-17-11-9-15-8-5-6-13(15)14(3,4)16/h12-13,16H,5-11H2,1-4H3. The number of likely N-dealkylation sites (tertiary alicyclic amines) is 1. The molecule has 17 heavy (non-hydrogen) atoms. The lowest BCUT2D eigenvalue weighted by atomic mass is 9.97. The van der Waals surface area contributed by atoms with Crippen LogP contribution in [-0.4, -0.2) is 48.0 Å². The Balaban J connectivity index is 2.18. The third kappa shape index (κ3) is 5.36. The molecular weight excluding hydrogens is 214 g/mol. The molecule has 1 N–H and O–H groups in total. The molecule has 0 aliphatic carbocycles. The van der Waals surface area contributed by atoms with Gasteiger partial charge in [-0.1, -0.05) is 13.8 Å². The summed E-state index contributed by atoms with van der Waals surface area (Å²) >= 11 is 0. The molecule has 0 aromatic carbocycles. The molecule has 0 radical (unpaired) electrons. The maximum Gasteiger partial charge on any atom is 0.0746 e. The molecule has 1 aliphatic rings. The first-order chi connectivity index (χ1) is 7.91. The highest BCUT2D eigenvalue weighted by molar-refractivity contribution is 4.90. The van der Waals surface area contributed by atoms with E-state index in [1.165, 1.54) is 6.42 Å². The average molecular weight is 243 g/mol. The normalized spacial score (nSPS) is 22.6. The molecule has 1 unspecified atom stereocenters. The van der Waals surface area contributed by atoms with E-state index in [0.29, 0.717) is 12.0 Å². The van der Waals surface area contributed by atoms with Crippen LogP contribution in [0.5, 0.6) is 0 Å². The van der Waals surface area contributed by atoms with E-state index in [0.717, 1.165) is 39.1 Å². The van der Waals surface area contributed by atoms with Gasteiger partial charge in [0, 0.05) is 19.2 Å². The molecule has 0 amide bonds. The molecular formula is C14H29NO2. The minimum atomic E-state index is -0.589. The lowest BCUT2D eigenvalue weighted by Crippen LogP contribution is -2.46. The Morgan fingerprint density at radius 2 is 2.06 bits per heavy atom. The van der Waals surface area contributed by atoms with Crippen LogP contribution in [0.25, 0.3) is 0 Å². The summed E-state index contributed by atoms with van der Waals surface area (Å²) in [6.45, 7) is 12.0. The van der Waals surface area contributed by atoms with Crippen LogP contribution in [0.15, 0.2) is 0 Å². The average Bonchev–Trinajstić information content (AvgIpc) is 2.64. The lowest BCUT2D eigenvalue weighted by Gasteiger charge is -2.33. The van der Waals surface area contributed by atoms with Gasteiger partial charge in [0.1, 0.15) is 0 Å². The minimum Gasteiger partial charge on any atom is -0.389 e. The summed E-state index contributed by atoms with van der Waals surface area (Å²) in [5.41, 5.74) is -0.589. The van der Waals surface area contributed by atoms with Gasteiger partial charge in [0.15, 0.2) is 0 Å². The monoisotopic (exact) mass is 243 g/mol. The second-order valence-electron chi connectivity index (χ2n) is 6.14. The topological polar surface area (TPSA) is 32.7 Å². The van der Waals surface area contributed by atoms with Gasteiger partial charge in [-0.15, -0.1) is 0 Å². The Morgan fingerprint density at radius 3 is 2.65 bits per heavy atom. The van der Waals surface area contributed by atoms with E-state index in [9.17, 15) is 5.11 Å². The van der Waals surface area contributed by atoms with Crippen LogP contribution >= 0.6 is 0 Å². The molecule has 1 rings (SSSR count). The van der Waals surface area contributed by atoms with Crippen molar-refractivity contribution < 1.29 is 9.84 Å². The molecule has 0 aromatic rings. The molecule has 0 bridgehead atoms. The first-order valence-electron chi connectivity index (χ1n) is 6.95. The second-order valence-corrected chi connectivity index (χ2v) is 6.14. The minimum absolute atomic E-state index is 0.302. The number of rotatable bonds is 7. The summed E-state index contributed by atoms with van der Waals surface area (Å²) in [5, 5.41) is 10.1. The van der Waals surface area contributed by atoms with Crippen LogP contribution < -0.4 is 0 Å². The summed E-state index contributed by atoms with van der Waals surface area (Å²) in [7, 11) is 0. The van der Waals surface area contributed by atoms with Crippen molar-refractivity contribution in [1.29, 1.82) is 0 Å². The van der Waals surface area contributed by atoms with Gasteiger partial charge in [0.25, 0.3) is 0 Å². The number of ether oxygens (including phenoxy) is 1. The summed E-state index contributed by atoms with van der Waals surface area (Å²) in [6.07, 6.45) is 3.44. The van der Waals surface area contributed by atoms with Gasteiger partial charge >= 0.3 is 0 Å². The third-order valence-electron chi connectivity index (χ3n) is 3.54. The number of nitrogens with zero attached hydrogens (tertiary/aromatic N) is 1. The predicted molar refractivity (Wildman–Crippen MR) is 71.2 cm³/mol. The van der Waals surface area contributed by atoms with Crippen molar-refractivity contribution >= 4 is 0 Å². The summed E-state index contributed by atoms with van der Waals surface area (Å²) in [5.74, 6) is 0.714. The zero-order valence-electron chi connectivity index (χ0n) is 11.9. The van der Waals surface area contributed by atoms with E-state index < -0.39 is 5.60 Å². The quantitative estimate of drug-likeness (QED) is 0.696.